The minimum atomic E-state index is -0.350. The van der Waals surface area contributed by atoms with E-state index in [-0.39, 0.29) is 42.7 Å². The van der Waals surface area contributed by atoms with Crippen LogP contribution in [-0.4, -0.2) is 47.2 Å². The van der Waals surface area contributed by atoms with Gasteiger partial charge in [0.2, 0.25) is 5.91 Å². The molecule has 2 heterocycles. The van der Waals surface area contributed by atoms with Gasteiger partial charge in [0.25, 0.3) is 5.89 Å². The van der Waals surface area contributed by atoms with E-state index >= 15 is 0 Å². The minimum Gasteiger partial charge on any atom is -0.363 e. The number of morpholine rings is 1. The van der Waals surface area contributed by atoms with Gasteiger partial charge < -0.3 is 19.5 Å². The lowest BCUT2D eigenvalue weighted by atomic mass is 10.2. The second kappa shape index (κ2) is 7.71. The minimum absolute atomic E-state index is 0.0317. The van der Waals surface area contributed by atoms with E-state index in [1.165, 1.54) is 6.07 Å². The molecule has 3 rings (SSSR count). The monoisotopic (exact) mass is 348 g/mol. The maximum absolute atomic E-state index is 13.5. The van der Waals surface area contributed by atoms with Crippen molar-refractivity contribution in [2.24, 2.45) is 0 Å². The van der Waals surface area contributed by atoms with Gasteiger partial charge in [0.15, 0.2) is 5.82 Å². The lowest BCUT2D eigenvalue weighted by Crippen LogP contribution is -2.40. The molecule has 8 heteroatoms. The SMILES string of the molecule is C[C@@H]1CN(C)C[C@H](c2nc(CC(=O)NCc3ccccc3F)no2)O1. The third-order valence-electron chi connectivity index (χ3n) is 3.95. The van der Waals surface area contributed by atoms with Gasteiger partial charge in [-0.2, -0.15) is 4.98 Å². The Kier molecular flexibility index (Phi) is 5.40. The van der Waals surface area contributed by atoms with Crippen LogP contribution in [0.1, 0.15) is 30.3 Å². The fraction of sp³-hybridized carbons (Fsp3) is 0.471. The fourth-order valence-electron chi connectivity index (χ4n) is 2.81. The summed E-state index contributed by atoms with van der Waals surface area (Å²) < 4.78 is 24.6. The van der Waals surface area contributed by atoms with Gasteiger partial charge in [-0.15, -0.1) is 0 Å². The van der Waals surface area contributed by atoms with Gasteiger partial charge in [-0.25, -0.2) is 4.39 Å². The molecule has 1 N–H and O–H groups in total. The molecule has 2 atom stereocenters. The molecule has 0 unspecified atom stereocenters. The topological polar surface area (TPSA) is 80.5 Å². The van der Waals surface area contributed by atoms with Crippen molar-refractivity contribution >= 4 is 5.91 Å². The molecule has 1 aliphatic heterocycles. The number of halogens is 1. The Balaban J connectivity index is 1.54. The highest BCUT2D eigenvalue weighted by Crippen LogP contribution is 2.23. The van der Waals surface area contributed by atoms with Crippen LogP contribution in [0.2, 0.25) is 0 Å². The quantitative estimate of drug-likeness (QED) is 0.881. The van der Waals surface area contributed by atoms with Crippen molar-refractivity contribution in [2.45, 2.75) is 32.1 Å². The van der Waals surface area contributed by atoms with Crippen molar-refractivity contribution in [3.8, 4) is 0 Å². The standard InChI is InChI=1S/C17H21FN4O3/c1-11-9-22(2)10-14(24-11)17-20-15(21-25-17)7-16(23)19-8-12-5-3-4-6-13(12)18/h3-6,11,14H,7-10H2,1-2H3,(H,19,23)/t11-,14-/m1/s1. The normalized spacial score (nSPS) is 21.2. The maximum Gasteiger partial charge on any atom is 0.257 e. The van der Waals surface area contributed by atoms with Crippen LogP contribution in [0.5, 0.6) is 0 Å². The second-order valence-electron chi connectivity index (χ2n) is 6.25. The molecule has 0 spiro atoms. The summed E-state index contributed by atoms with van der Waals surface area (Å²) in [5, 5.41) is 6.49. The zero-order valence-electron chi connectivity index (χ0n) is 14.2. The Morgan fingerprint density at radius 1 is 1.40 bits per heavy atom. The average Bonchev–Trinajstić information content (AvgIpc) is 3.02. The third-order valence-corrected chi connectivity index (χ3v) is 3.95. The van der Waals surface area contributed by atoms with Crippen LogP contribution in [-0.2, 0) is 22.5 Å². The van der Waals surface area contributed by atoms with Crippen LogP contribution in [0.3, 0.4) is 0 Å². The van der Waals surface area contributed by atoms with E-state index < -0.39 is 0 Å². The van der Waals surface area contributed by atoms with Crippen molar-refractivity contribution in [1.29, 1.82) is 0 Å². The van der Waals surface area contributed by atoms with E-state index in [4.69, 9.17) is 9.26 Å². The number of aromatic nitrogens is 2. The number of benzene rings is 1. The van der Waals surface area contributed by atoms with Crippen LogP contribution < -0.4 is 5.32 Å². The predicted molar refractivity (Wildman–Crippen MR) is 87.0 cm³/mol. The highest BCUT2D eigenvalue weighted by Gasteiger charge is 2.28. The van der Waals surface area contributed by atoms with Crippen LogP contribution in [0.25, 0.3) is 0 Å². The van der Waals surface area contributed by atoms with Gasteiger partial charge in [0, 0.05) is 25.2 Å². The summed E-state index contributed by atoms with van der Waals surface area (Å²) in [6.07, 6.45) is -0.254. The van der Waals surface area contributed by atoms with Crippen molar-refractivity contribution in [2.75, 3.05) is 20.1 Å². The first-order chi connectivity index (χ1) is 12.0. The van der Waals surface area contributed by atoms with Gasteiger partial charge in [-0.1, -0.05) is 23.4 Å². The van der Waals surface area contributed by atoms with Crippen LogP contribution in [0, 0.1) is 5.82 Å². The predicted octanol–water partition coefficient (Wildman–Crippen LogP) is 1.46. The largest absolute Gasteiger partial charge is 0.363 e. The molecule has 1 aromatic heterocycles. The molecule has 1 aromatic carbocycles. The number of carbonyl (C=O) groups is 1. The van der Waals surface area contributed by atoms with Gasteiger partial charge in [-0.05, 0) is 20.0 Å². The van der Waals surface area contributed by atoms with Crippen LogP contribution in [0.4, 0.5) is 4.39 Å². The number of hydrogen-bond donors (Lipinski definition) is 1. The first kappa shape index (κ1) is 17.5. The van der Waals surface area contributed by atoms with Gasteiger partial charge >= 0.3 is 0 Å². The number of nitrogens with one attached hydrogen (secondary N) is 1. The fourth-order valence-corrected chi connectivity index (χ4v) is 2.81. The summed E-state index contributed by atoms with van der Waals surface area (Å²) in [6.45, 7) is 3.60. The van der Waals surface area contributed by atoms with Crippen molar-refractivity contribution in [3.63, 3.8) is 0 Å². The Hall–Kier alpha value is -2.32. The summed E-state index contributed by atoms with van der Waals surface area (Å²) in [4.78, 5) is 18.4. The van der Waals surface area contributed by atoms with E-state index in [0.717, 1.165) is 6.54 Å². The zero-order chi connectivity index (χ0) is 17.8. The molecule has 7 nitrogen and oxygen atoms in total. The smallest absolute Gasteiger partial charge is 0.257 e. The van der Waals surface area contributed by atoms with Crippen LogP contribution >= 0.6 is 0 Å². The molecule has 2 aromatic rings. The summed E-state index contributed by atoms with van der Waals surface area (Å²) in [5.74, 6) is 0.00352. The molecule has 1 saturated heterocycles. The highest BCUT2D eigenvalue weighted by atomic mass is 19.1. The van der Waals surface area contributed by atoms with E-state index in [1.807, 2.05) is 14.0 Å². The molecule has 1 aliphatic rings. The molecule has 1 fully saturated rings. The Bertz CT molecular complexity index is 726. The number of carbonyl (C=O) groups excluding carboxylic acids is 1. The first-order valence-electron chi connectivity index (χ1n) is 8.18. The summed E-state index contributed by atoms with van der Waals surface area (Å²) in [7, 11) is 2.00. The molecule has 0 bridgehead atoms. The lowest BCUT2D eigenvalue weighted by molar-refractivity contribution is -0.120. The number of likely N-dealkylation sites (N-methyl/N-ethyl adjacent to an activating group) is 1. The first-order valence-corrected chi connectivity index (χ1v) is 8.18. The molecule has 1 amide bonds. The Labute approximate surface area is 145 Å². The van der Waals surface area contributed by atoms with E-state index in [0.29, 0.717) is 18.0 Å². The molecule has 134 valence electrons. The lowest BCUT2D eigenvalue weighted by Gasteiger charge is -2.32. The molecular weight excluding hydrogens is 327 g/mol. The highest BCUT2D eigenvalue weighted by molar-refractivity contribution is 5.77. The van der Waals surface area contributed by atoms with Gasteiger partial charge in [0.05, 0.1) is 12.5 Å². The van der Waals surface area contributed by atoms with Gasteiger partial charge in [-0.3, -0.25) is 4.79 Å². The van der Waals surface area contributed by atoms with Crippen LogP contribution in [0.15, 0.2) is 28.8 Å². The van der Waals surface area contributed by atoms with E-state index in [9.17, 15) is 9.18 Å². The second-order valence-corrected chi connectivity index (χ2v) is 6.25. The molecule has 25 heavy (non-hydrogen) atoms. The summed E-state index contributed by atoms with van der Waals surface area (Å²) in [6, 6.07) is 6.31. The van der Waals surface area contributed by atoms with Crippen molar-refractivity contribution in [3.05, 3.63) is 47.4 Å². The third kappa shape index (κ3) is 4.61. The summed E-state index contributed by atoms with van der Waals surface area (Å²) in [5.41, 5.74) is 0.428. The molecule has 0 saturated carbocycles. The summed E-state index contributed by atoms with van der Waals surface area (Å²) >= 11 is 0. The zero-order valence-corrected chi connectivity index (χ0v) is 14.2. The van der Waals surface area contributed by atoms with E-state index in [2.05, 4.69) is 20.4 Å². The maximum atomic E-state index is 13.5. The van der Waals surface area contributed by atoms with Crippen molar-refractivity contribution < 1.29 is 18.4 Å². The number of rotatable bonds is 5. The molecule has 0 aliphatic carbocycles. The van der Waals surface area contributed by atoms with Crippen molar-refractivity contribution in [1.82, 2.24) is 20.4 Å². The number of ether oxygens (including phenoxy) is 1. The van der Waals surface area contributed by atoms with E-state index in [1.54, 1.807) is 18.2 Å². The Morgan fingerprint density at radius 2 is 2.20 bits per heavy atom. The molecule has 0 radical (unpaired) electrons. The number of nitrogens with zero attached hydrogens (tertiary/aromatic N) is 3. The number of amides is 1. The molecular formula is C17H21FN4O3. The number of hydrogen-bond acceptors (Lipinski definition) is 6. The average molecular weight is 348 g/mol. The Morgan fingerprint density at radius 3 is 2.96 bits per heavy atom. The van der Waals surface area contributed by atoms with Gasteiger partial charge in [0.1, 0.15) is 11.9 Å².